The Labute approximate surface area is 152 Å². The van der Waals surface area contributed by atoms with Gasteiger partial charge in [0.15, 0.2) is 13.2 Å². The van der Waals surface area contributed by atoms with Crippen molar-refractivity contribution in [3.8, 4) is 17.2 Å². The summed E-state index contributed by atoms with van der Waals surface area (Å²) in [4.78, 5) is 11.8. The molecule has 0 N–H and O–H groups in total. The molecule has 6 nitrogen and oxygen atoms in total. The summed E-state index contributed by atoms with van der Waals surface area (Å²) >= 11 is 3.42. The van der Waals surface area contributed by atoms with Crippen LogP contribution in [0.25, 0.3) is 11.5 Å². The molecule has 1 aromatic heterocycles. The van der Waals surface area contributed by atoms with Crippen LogP contribution in [0.1, 0.15) is 11.5 Å². The summed E-state index contributed by atoms with van der Waals surface area (Å²) in [5.74, 6) is 0.678. The van der Waals surface area contributed by atoms with Crippen molar-refractivity contribution in [2.75, 3.05) is 6.61 Å². The van der Waals surface area contributed by atoms with Crippen LogP contribution in [0.2, 0.25) is 0 Å². The lowest BCUT2D eigenvalue weighted by Gasteiger charge is -2.06. The Balaban J connectivity index is 1.52. The third-order valence-electron chi connectivity index (χ3n) is 3.27. The second kappa shape index (κ2) is 7.94. The van der Waals surface area contributed by atoms with Crippen molar-refractivity contribution in [2.24, 2.45) is 0 Å². The monoisotopic (exact) mass is 402 g/mol. The smallest absolute Gasteiger partial charge is 0.344 e. The first kappa shape index (κ1) is 17.2. The summed E-state index contributed by atoms with van der Waals surface area (Å²) in [6.45, 7) is 1.66. The van der Waals surface area contributed by atoms with E-state index in [0.717, 1.165) is 15.6 Å². The van der Waals surface area contributed by atoms with Crippen molar-refractivity contribution in [1.82, 2.24) is 10.2 Å². The second-order valence-electron chi connectivity index (χ2n) is 5.25. The molecule has 0 saturated carbocycles. The second-order valence-corrected chi connectivity index (χ2v) is 6.10. The van der Waals surface area contributed by atoms with Gasteiger partial charge >= 0.3 is 5.97 Å². The van der Waals surface area contributed by atoms with Crippen LogP contribution in [-0.4, -0.2) is 22.8 Å². The number of carbonyl (C=O) groups is 1. The van der Waals surface area contributed by atoms with E-state index in [4.69, 9.17) is 13.9 Å². The van der Waals surface area contributed by atoms with Gasteiger partial charge in [0.25, 0.3) is 5.89 Å². The third kappa shape index (κ3) is 4.67. The van der Waals surface area contributed by atoms with E-state index in [2.05, 4.69) is 26.1 Å². The minimum Gasteiger partial charge on any atom is -0.482 e. The van der Waals surface area contributed by atoms with Gasteiger partial charge in [-0.2, -0.15) is 0 Å². The van der Waals surface area contributed by atoms with E-state index in [9.17, 15) is 4.79 Å². The van der Waals surface area contributed by atoms with Crippen LogP contribution in [0.15, 0.2) is 57.4 Å². The van der Waals surface area contributed by atoms with E-state index in [1.165, 1.54) is 0 Å². The number of ether oxygens (including phenoxy) is 2. The molecule has 25 heavy (non-hydrogen) atoms. The molecule has 0 amide bonds. The number of hydrogen-bond donors (Lipinski definition) is 0. The molecule has 0 saturated heterocycles. The first-order chi connectivity index (χ1) is 12.1. The zero-order valence-corrected chi connectivity index (χ0v) is 15.0. The minimum absolute atomic E-state index is 0.104. The zero-order valence-electron chi connectivity index (χ0n) is 13.4. The topological polar surface area (TPSA) is 74.5 Å². The fraction of sp³-hybridized carbons (Fsp3) is 0.167. The average molecular weight is 403 g/mol. The molecule has 0 aliphatic rings. The quantitative estimate of drug-likeness (QED) is 0.581. The number of rotatable bonds is 6. The highest BCUT2D eigenvalue weighted by molar-refractivity contribution is 9.10. The van der Waals surface area contributed by atoms with E-state index < -0.39 is 5.97 Å². The van der Waals surface area contributed by atoms with Crippen molar-refractivity contribution in [2.45, 2.75) is 13.5 Å². The Hall–Kier alpha value is -2.67. The molecular weight excluding hydrogens is 388 g/mol. The first-order valence-corrected chi connectivity index (χ1v) is 8.33. The van der Waals surface area contributed by atoms with Gasteiger partial charge in [0, 0.05) is 4.47 Å². The van der Waals surface area contributed by atoms with Gasteiger partial charge < -0.3 is 13.9 Å². The Bertz CT molecular complexity index is 879. The Morgan fingerprint density at radius 1 is 1.16 bits per heavy atom. The van der Waals surface area contributed by atoms with Crippen LogP contribution < -0.4 is 4.74 Å². The molecule has 0 aliphatic carbocycles. The summed E-state index contributed by atoms with van der Waals surface area (Å²) in [6, 6.07) is 14.9. The van der Waals surface area contributed by atoms with E-state index in [1.54, 1.807) is 6.07 Å². The highest BCUT2D eigenvalue weighted by Gasteiger charge is 2.13. The molecule has 3 aromatic rings. The summed E-state index contributed by atoms with van der Waals surface area (Å²) in [5, 5.41) is 7.84. The number of benzene rings is 2. The predicted molar refractivity (Wildman–Crippen MR) is 93.9 cm³/mol. The lowest BCUT2D eigenvalue weighted by Crippen LogP contribution is -2.14. The molecule has 0 fully saturated rings. The standard InChI is InChI=1S/C18H15BrN2O4/c1-12-5-4-6-13(9-12)23-11-17(22)24-10-16-20-21-18(25-16)14-7-2-3-8-15(14)19/h2-9H,10-11H2,1H3. The largest absolute Gasteiger partial charge is 0.482 e. The molecule has 0 radical (unpaired) electrons. The van der Waals surface area contributed by atoms with Gasteiger partial charge in [-0.1, -0.05) is 24.3 Å². The van der Waals surface area contributed by atoms with Gasteiger partial charge in [-0.15, -0.1) is 10.2 Å². The number of nitrogens with zero attached hydrogens (tertiary/aromatic N) is 2. The highest BCUT2D eigenvalue weighted by Crippen LogP contribution is 2.26. The van der Waals surface area contributed by atoms with Gasteiger partial charge in [0.1, 0.15) is 5.75 Å². The third-order valence-corrected chi connectivity index (χ3v) is 3.97. The van der Waals surface area contributed by atoms with Crippen molar-refractivity contribution in [3.63, 3.8) is 0 Å². The van der Waals surface area contributed by atoms with Crippen molar-refractivity contribution >= 4 is 21.9 Å². The summed E-state index contributed by atoms with van der Waals surface area (Å²) in [5.41, 5.74) is 1.83. The zero-order chi connectivity index (χ0) is 17.6. The molecule has 0 atom stereocenters. The molecule has 0 aliphatic heterocycles. The molecule has 0 bridgehead atoms. The number of halogens is 1. The van der Waals surface area contributed by atoms with Gasteiger partial charge in [-0.05, 0) is 52.7 Å². The molecule has 128 valence electrons. The fourth-order valence-electron chi connectivity index (χ4n) is 2.09. The maximum absolute atomic E-state index is 11.8. The van der Waals surface area contributed by atoms with Crippen LogP contribution in [0, 0.1) is 6.92 Å². The van der Waals surface area contributed by atoms with Gasteiger partial charge in [-0.3, -0.25) is 0 Å². The molecule has 1 heterocycles. The van der Waals surface area contributed by atoms with E-state index in [1.807, 2.05) is 49.4 Å². The molecule has 0 unspecified atom stereocenters. The Kier molecular flexibility index (Phi) is 5.45. The van der Waals surface area contributed by atoms with E-state index >= 15 is 0 Å². The van der Waals surface area contributed by atoms with E-state index in [-0.39, 0.29) is 19.1 Å². The van der Waals surface area contributed by atoms with Crippen LogP contribution in [0.4, 0.5) is 0 Å². The number of aryl methyl sites for hydroxylation is 1. The summed E-state index contributed by atoms with van der Waals surface area (Å²) in [7, 11) is 0. The van der Waals surface area contributed by atoms with Gasteiger partial charge in [0.2, 0.25) is 5.89 Å². The highest BCUT2D eigenvalue weighted by atomic mass is 79.9. The number of aromatic nitrogens is 2. The number of hydrogen-bond acceptors (Lipinski definition) is 6. The molecular formula is C18H15BrN2O4. The van der Waals surface area contributed by atoms with Crippen molar-refractivity contribution in [1.29, 1.82) is 0 Å². The maximum Gasteiger partial charge on any atom is 0.344 e. The van der Waals surface area contributed by atoms with Crippen molar-refractivity contribution < 1.29 is 18.7 Å². The lowest BCUT2D eigenvalue weighted by atomic mass is 10.2. The fourth-order valence-corrected chi connectivity index (χ4v) is 2.54. The molecule has 3 rings (SSSR count). The maximum atomic E-state index is 11.8. The van der Waals surface area contributed by atoms with Crippen LogP contribution in [-0.2, 0) is 16.1 Å². The van der Waals surface area contributed by atoms with Crippen LogP contribution in [0.3, 0.4) is 0 Å². The lowest BCUT2D eigenvalue weighted by molar-refractivity contribution is -0.148. The van der Waals surface area contributed by atoms with E-state index in [0.29, 0.717) is 11.6 Å². The Morgan fingerprint density at radius 3 is 2.80 bits per heavy atom. The number of esters is 1. The van der Waals surface area contributed by atoms with Crippen LogP contribution in [0.5, 0.6) is 5.75 Å². The predicted octanol–water partition coefficient (Wildman–Crippen LogP) is 3.93. The molecule has 0 spiro atoms. The molecule has 2 aromatic carbocycles. The summed E-state index contributed by atoms with van der Waals surface area (Å²) in [6.07, 6.45) is 0. The SMILES string of the molecule is Cc1cccc(OCC(=O)OCc2nnc(-c3ccccc3Br)o2)c1. The normalized spacial score (nSPS) is 10.5. The Morgan fingerprint density at radius 2 is 2.00 bits per heavy atom. The van der Waals surface area contributed by atoms with Crippen LogP contribution >= 0.6 is 15.9 Å². The first-order valence-electron chi connectivity index (χ1n) is 7.54. The minimum atomic E-state index is -0.512. The van der Waals surface area contributed by atoms with Gasteiger partial charge in [-0.25, -0.2) is 4.79 Å². The van der Waals surface area contributed by atoms with Gasteiger partial charge in [0.05, 0.1) is 5.56 Å². The molecule has 7 heteroatoms. The van der Waals surface area contributed by atoms with Crippen molar-refractivity contribution in [3.05, 3.63) is 64.5 Å². The summed E-state index contributed by atoms with van der Waals surface area (Å²) < 4.78 is 16.8. The number of carbonyl (C=O) groups excluding carboxylic acids is 1. The average Bonchev–Trinajstić information content (AvgIpc) is 3.07.